The Morgan fingerprint density at radius 2 is 2.08 bits per heavy atom. The van der Waals surface area contributed by atoms with Crippen LogP contribution in [0.4, 0.5) is 10.8 Å². The van der Waals surface area contributed by atoms with Gasteiger partial charge in [0.1, 0.15) is 11.4 Å². The molecule has 24 heavy (non-hydrogen) atoms. The molecular formula is C17H20ClN3O2S. The lowest BCUT2D eigenvalue weighted by molar-refractivity contribution is 0.102. The summed E-state index contributed by atoms with van der Waals surface area (Å²) in [6.45, 7) is 3.91. The van der Waals surface area contributed by atoms with Crippen molar-refractivity contribution in [2.45, 2.75) is 26.2 Å². The maximum absolute atomic E-state index is 12.5. The first kappa shape index (κ1) is 17.0. The number of ether oxygens (including phenoxy) is 1. The molecule has 1 N–H and O–H groups in total. The van der Waals surface area contributed by atoms with Gasteiger partial charge in [0.05, 0.1) is 12.8 Å². The number of amides is 1. The van der Waals surface area contributed by atoms with Crippen molar-refractivity contribution in [3.05, 3.63) is 33.8 Å². The second-order valence-electron chi connectivity index (χ2n) is 5.82. The molecular weight excluding hydrogens is 346 g/mol. The van der Waals surface area contributed by atoms with Gasteiger partial charge in [0.25, 0.3) is 5.91 Å². The molecule has 0 unspecified atom stereocenters. The van der Waals surface area contributed by atoms with Crippen molar-refractivity contribution < 1.29 is 9.53 Å². The van der Waals surface area contributed by atoms with Crippen LogP contribution in [-0.4, -0.2) is 31.1 Å². The summed E-state index contributed by atoms with van der Waals surface area (Å²) >= 11 is 7.61. The second-order valence-corrected chi connectivity index (χ2v) is 7.06. The average Bonchev–Trinajstić information content (AvgIpc) is 3.09. The third-order valence-corrected chi connectivity index (χ3v) is 5.39. The van der Waals surface area contributed by atoms with Gasteiger partial charge in [0, 0.05) is 29.6 Å². The van der Waals surface area contributed by atoms with Gasteiger partial charge in [0.2, 0.25) is 0 Å². The number of aryl methyl sites for hydroxylation is 1. The Balaban J connectivity index is 1.76. The molecule has 0 aliphatic carbocycles. The molecule has 1 amide bonds. The topological polar surface area (TPSA) is 54.5 Å². The first-order valence-electron chi connectivity index (χ1n) is 7.94. The smallest absolute Gasteiger partial charge is 0.275 e. The predicted octanol–water partition coefficient (Wildman–Crippen LogP) is 4.36. The molecule has 0 saturated carbocycles. The first-order valence-corrected chi connectivity index (χ1v) is 9.20. The second kappa shape index (κ2) is 7.40. The fourth-order valence-electron chi connectivity index (χ4n) is 2.72. The van der Waals surface area contributed by atoms with Crippen LogP contribution < -0.4 is 15.0 Å². The number of rotatable bonds is 4. The van der Waals surface area contributed by atoms with Gasteiger partial charge in [-0.3, -0.25) is 4.79 Å². The van der Waals surface area contributed by atoms with E-state index in [9.17, 15) is 4.79 Å². The van der Waals surface area contributed by atoms with Crippen LogP contribution in [0.25, 0.3) is 0 Å². The molecule has 128 valence electrons. The van der Waals surface area contributed by atoms with Crippen LogP contribution in [0, 0.1) is 6.92 Å². The molecule has 5 nitrogen and oxygen atoms in total. The van der Waals surface area contributed by atoms with Gasteiger partial charge in [-0.25, -0.2) is 4.98 Å². The number of nitrogens with one attached hydrogen (secondary N) is 1. The van der Waals surface area contributed by atoms with Crippen molar-refractivity contribution in [3.63, 3.8) is 0 Å². The lowest BCUT2D eigenvalue weighted by atomic mass is 10.1. The van der Waals surface area contributed by atoms with Crippen LogP contribution in [0.1, 0.15) is 35.3 Å². The summed E-state index contributed by atoms with van der Waals surface area (Å²) in [4.78, 5) is 19.2. The van der Waals surface area contributed by atoms with E-state index >= 15 is 0 Å². The highest BCUT2D eigenvalue weighted by Crippen LogP contribution is 2.31. The number of halogens is 1. The molecule has 1 aliphatic heterocycles. The maximum Gasteiger partial charge on any atom is 0.275 e. The van der Waals surface area contributed by atoms with Crippen molar-refractivity contribution >= 4 is 39.7 Å². The third-order valence-electron chi connectivity index (χ3n) is 4.08. The van der Waals surface area contributed by atoms with E-state index in [2.05, 4.69) is 15.2 Å². The van der Waals surface area contributed by atoms with Crippen molar-refractivity contribution in [1.29, 1.82) is 0 Å². The molecule has 2 heterocycles. The fraction of sp³-hybridized carbons (Fsp3) is 0.412. The van der Waals surface area contributed by atoms with Gasteiger partial charge in [-0.15, -0.1) is 11.3 Å². The largest absolute Gasteiger partial charge is 0.495 e. The number of benzene rings is 1. The van der Waals surface area contributed by atoms with Crippen molar-refractivity contribution in [1.82, 2.24) is 4.98 Å². The summed E-state index contributed by atoms with van der Waals surface area (Å²) in [6, 6.07) is 3.50. The number of carbonyl (C=O) groups is 1. The maximum atomic E-state index is 12.5. The standard InChI is InChI=1S/C17H20ClN3O2S/c1-11-8-13(15(23-2)9-12(11)18)19-16(22)14-10-24-17(20-14)21-6-4-3-5-7-21/h8-10H,3-7H2,1-2H3,(H,19,22). The molecule has 0 radical (unpaired) electrons. The Labute approximate surface area is 150 Å². The van der Waals surface area contributed by atoms with Gasteiger partial charge in [-0.2, -0.15) is 0 Å². The Hall–Kier alpha value is -1.79. The average molecular weight is 366 g/mol. The number of anilines is 2. The summed E-state index contributed by atoms with van der Waals surface area (Å²) in [5.41, 5.74) is 1.90. The number of hydrogen-bond acceptors (Lipinski definition) is 5. The van der Waals surface area contributed by atoms with E-state index < -0.39 is 0 Å². The van der Waals surface area contributed by atoms with E-state index in [1.807, 2.05) is 6.92 Å². The molecule has 0 spiro atoms. The lowest BCUT2D eigenvalue weighted by Crippen LogP contribution is -2.29. The Morgan fingerprint density at radius 1 is 1.33 bits per heavy atom. The summed E-state index contributed by atoms with van der Waals surface area (Å²) in [7, 11) is 1.55. The van der Waals surface area contributed by atoms with Gasteiger partial charge < -0.3 is 15.0 Å². The van der Waals surface area contributed by atoms with Crippen molar-refractivity contribution in [2.24, 2.45) is 0 Å². The minimum absolute atomic E-state index is 0.241. The molecule has 1 aromatic carbocycles. The van der Waals surface area contributed by atoms with Crippen LogP contribution in [0.3, 0.4) is 0 Å². The highest BCUT2D eigenvalue weighted by molar-refractivity contribution is 7.14. The zero-order valence-corrected chi connectivity index (χ0v) is 15.3. The van der Waals surface area contributed by atoms with Crippen LogP contribution in [0.2, 0.25) is 5.02 Å². The molecule has 0 atom stereocenters. The minimum Gasteiger partial charge on any atom is -0.495 e. The van der Waals surface area contributed by atoms with E-state index in [1.165, 1.54) is 30.6 Å². The molecule has 2 aromatic rings. The Bertz CT molecular complexity index is 741. The normalized spacial score (nSPS) is 14.5. The van der Waals surface area contributed by atoms with E-state index in [-0.39, 0.29) is 5.91 Å². The number of hydrogen-bond donors (Lipinski definition) is 1. The Kier molecular flexibility index (Phi) is 5.26. The number of carbonyl (C=O) groups excluding carboxylic acids is 1. The summed E-state index contributed by atoms with van der Waals surface area (Å²) in [5, 5.41) is 6.18. The fourth-order valence-corrected chi connectivity index (χ4v) is 3.73. The van der Waals surface area contributed by atoms with Crippen LogP contribution in [-0.2, 0) is 0 Å². The molecule has 1 aromatic heterocycles. The van der Waals surface area contributed by atoms with Crippen LogP contribution in [0.5, 0.6) is 5.75 Å². The van der Waals surface area contributed by atoms with Crippen LogP contribution in [0.15, 0.2) is 17.5 Å². The van der Waals surface area contributed by atoms with E-state index in [4.69, 9.17) is 16.3 Å². The molecule has 7 heteroatoms. The molecule has 1 saturated heterocycles. The Morgan fingerprint density at radius 3 is 2.79 bits per heavy atom. The zero-order chi connectivity index (χ0) is 17.1. The number of thiazole rings is 1. The van der Waals surface area contributed by atoms with Crippen molar-refractivity contribution in [2.75, 3.05) is 30.4 Å². The quantitative estimate of drug-likeness (QED) is 0.874. The number of piperidine rings is 1. The highest BCUT2D eigenvalue weighted by Gasteiger charge is 2.18. The number of nitrogens with zero attached hydrogens (tertiary/aromatic N) is 2. The SMILES string of the molecule is COc1cc(Cl)c(C)cc1NC(=O)c1csc(N2CCCCC2)n1. The van der Waals surface area contributed by atoms with E-state index in [0.717, 1.165) is 23.8 Å². The van der Waals surface area contributed by atoms with Gasteiger partial charge in [-0.05, 0) is 37.8 Å². The summed E-state index contributed by atoms with van der Waals surface area (Å²) < 4.78 is 5.29. The minimum atomic E-state index is -0.241. The van der Waals surface area contributed by atoms with Gasteiger partial charge >= 0.3 is 0 Å². The zero-order valence-electron chi connectivity index (χ0n) is 13.8. The number of methoxy groups -OCH3 is 1. The predicted molar refractivity (Wildman–Crippen MR) is 98.9 cm³/mol. The molecule has 0 bridgehead atoms. The number of aromatic nitrogens is 1. The van der Waals surface area contributed by atoms with Gasteiger partial charge in [-0.1, -0.05) is 11.6 Å². The van der Waals surface area contributed by atoms with Crippen molar-refractivity contribution in [3.8, 4) is 5.75 Å². The summed E-state index contributed by atoms with van der Waals surface area (Å²) in [5.74, 6) is 0.292. The highest BCUT2D eigenvalue weighted by atomic mass is 35.5. The molecule has 3 rings (SSSR count). The first-order chi connectivity index (χ1) is 11.6. The monoisotopic (exact) mass is 365 g/mol. The third kappa shape index (κ3) is 3.65. The molecule has 1 fully saturated rings. The molecule has 1 aliphatic rings. The van der Waals surface area contributed by atoms with E-state index in [0.29, 0.717) is 22.2 Å². The summed E-state index contributed by atoms with van der Waals surface area (Å²) in [6.07, 6.45) is 3.63. The lowest BCUT2D eigenvalue weighted by Gasteiger charge is -2.25. The van der Waals surface area contributed by atoms with E-state index in [1.54, 1.807) is 24.6 Å². The van der Waals surface area contributed by atoms with Gasteiger partial charge in [0.15, 0.2) is 5.13 Å². The van der Waals surface area contributed by atoms with Crippen LogP contribution >= 0.6 is 22.9 Å².